The Kier molecular flexibility index (Phi) is 4.73. The van der Waals surface area contributed by atoms with Gasteiger partial charge in [0, 0.05) is 22.0 Å². The van der Waals surface area contributed by atoms with E-state index in [0.29, 0.717) is 17.3 Å². The Morgan fingerprint density at radius 3 is 2.84 bits per heavy atom. The van der Waals surface area contributed by atoms with Gasteiger partial charge in [-0.05, 0) is 46.8 Å². The number of likely N-dealkylation sites (tertiary alicyclic amines) is 1. The van der Waals surface area contributed by atoms with Crippen LogP contribution in [-0.2, 0) is 0 Å². The second-order valence-corrected chi connectivity index (χ2v) is 6.75. The summed E-state index contributed by atoms with van der Waals surface area (Å²) in [7, 11) is 0. The zero-order valence-corrected chi connectivity index (χ0v) is 13.9. The normalized spacial score (nSPS) is 19.3. The number of anilines is 2. The number of carbonyl (C=O) groups is 1. The van der Waals surface area contributed by atoms with E-state index in [-0.39, 0.29) is 6.03 Å². The number of nitrogens with zero attached hydrogens (tertiary/aromatic N) is 1. The minimum atomic E-state index is -0.0822. The standard InChI is InChI=1S/C13H17Br2N3O/c1-8-3-2-4-18(7-8)13(19)17-12-10(15)5-9(14)6-11(12)16/h5-6,8H,2-4,7,16H2,1H3,(H,17,19). The molecule has 0 aromatic heterocycles. The third-order valence-electron chi connectivity index (χ3n) is 3.26. The van der Waals surface area contributed by atoms with Crippen molar-refractivity contribution in [1.82, 2.24) is 4.90 Å². The molecule has 0 radical (unpaired) electrons. The molecule has 0 saturated carbocycles. The van der Waals surface area contributed by atoms with Gasteiger partial charge in [-0.3, -0.25) is 0 Å². The van der Waals surface area contributed by atoms with Crippen LogP contribution in [0, 0.1) is 5.92 Å². The summed E-state index contributed by atoms with van der Waals surface area (Å²) in [5.74, 6) is 0.560. The monoisotopic (exact) mass is 389 g/mol. The summed E-state index contributed by atoms with van der Waals surface area (Å²) in [4.78, 5) is 14.1. The van der Waals surface area contributed by atoms with Gasteiger partial charge in [0.2, 0.25) is 0 Å². The Morgan fingerprint density at radius 1 is 1.47 bits per heavy atom. The average molecular weight is 391 g/mol. The van der Waals surface area contributed by atoms with E-state index in [1.54, 1.807) is 6.07 Å². The molecule has 1 unspecified atom stereocenters. The van der Waals surface area contributed by atoms with Crippen molar-refractivity contribution >= 4 is 49.3 Å². The minimum Gasteiger partial charge on any atom is -0.397 e. The van der Waals surface area contributed by atoms with Crippen LogP contribution in [0.3, 0.4) is 0 Å². The summed E-state index contributed by atoms with van der Waals surface area (Å²) in [6, 6.07) is 3.56. The van der Waals surface area contributed by atoms with Crippen molar-refractivity contribution in [1.29, 1.82) is 0 Å². The van der Waals surface area contributed by atoms with Crippen molar-refractivity contribution in [2.75, 3.05) is 24.1 Å². The van der Waals surface area contributed by atoms with E-state index in [4.69, 9.17) is 5.73 Å². The lowest BCUT2D eigenvalue weighted by Crippen LogP contribution is -2.41. The fourth-order valence-electron chi connectivity index (χ4n) is 2.29. The van der Waals surface area contributed by atoms with Gasteiger partial charge in [-0.1, -0.05) is 22.9 Å². The maximum absolute atomic E-state index is 12.2. The number of benzene rings is 1. The van der Waals surface area contributed by atoms with Gasteiger partial charge in [-0.2, -0.15) is 0 Å². The lowest BCUT2D eigenvalue weighted by Gasteiger charge is -2.31. The fraction of sp³-hybridized carbons (Fsp3) is 0.462. The van der Waals surface area contributed by atoms with Crippen LogP contribution >= 0.6 is 31.9 Å². The van der Waals surface area contributed by atoms with E-state index >= 15 is 0 Å². The summed E-state index contributed by atoms with van der Waals surface area (Å²) in [6.07, 6.45) is 2.25. The first-order valence-electron chi connectivity index (χ1n) is 6.28. The van der Waals surface area contributed by atoms with Crippen molar-refractivity contribution in [3.63, 3.8) is 0 Å². The summed E-state index contributed by atoms with van der Waals surface area (Å²) < 4.78 is 1.65. The molecule has 2 amide bonds. The summed E-state index contributed by atoms with van der Waals surface area (Å²) in [5, 5.41) is 2.89. The Labute approximate surface area is 130 Å². The molecule has 1 aromatic rings. The fourth-order valence-corrected chi connectivity index (χ4v) is 3.64. The molecule has 1 aliphatic rings. The first-order valence-corrected chi connectivity index (χ1v) is 7.86. The molecule has 0 aliphatic carbocycles. The van der Waals surface area contributed by atoms with Gasteiger partial charge in [0.15, 0.2) is 0 Å². The van der Waals surface area contributed by atoms with Crippen LogP contribution in [0.2, 0.25) is 0 Å². The molecule has 2 rings (SSSR count). The smallest absolute Gasteiger partial charge is 0.321 e. The van der Waals surface area contributed by atoms with E-state index in [9.17, 15) is 4.79 Å². The highest BCUT2D eigenvalue weighted by atomic mass is 79.9. The molecule has 19 heavy (non-hydrogen) atoms. The number of nitrogens with one attached hydrogen (secondary N) is 1. The lowest BCUT2D eigenvalue weighted by atomic mass is 10.0. The zero-order valence-electron chi connectivity index (χ0n) is 10.7. The van der Waals surface area contributed by atoms with Crippen molar-refractivity contribution in [2.24, 2.45) is 5.92 Å². The van der Waals surface area contributed by atoms with Crippen LogP contribution in [0.1, 0.15) is 19.8 Å². The number of nitrogen functional groups attached to an aromatic ring is 1. The highest BCUT2D eigenvalue weighted by Gasteiger charge is 2.22. The van der Waals surface area contributed by atoms with Crippen LogP contribution in [0.15, 0.2) is 21.1 Å². The van der Waals surface area contributed by atoms with Gasteiger partial charge < -0.3 is 16.0 Å². The molecular weight excluding hydrogens is 374 g/mol. The summed E-state index contributed by atoms with van der Waals surface area (Å²) in [5.41, 5.74) is 7.11. The number of hydrogen-bond donors (Lipinski definition) is 2. The molecule has 0 bridgehead atoms. The second kappa shape index (κ2) is 6.13. The highest BCUT2D eigenvalue weighted by Crippen LogP contribution is 2.33. The van der Waals surface area contributed by atoms with E-state index in [2.05, 4.69) is 44.1 Å². The predicted molar refractivity (Wildman–Crippen MR) is 85.2 cm³/mol. The second-order valence-electron chi connectivity index (χ2n) is 4.98. The van der Waals surface area contributed by atoms with Crippen LogP contribution in [-0.4, -0.2) is 24.0 Å². The van der Waals surface area contributed by atoms with Crippen LogP contribution in [0.4, 0.5) is 16.2 Å². The number of rotatable bonds is 1. The number of hydrogen-bond acceptors (Lipinski definition) is 2. The number of halogens is 2. The topological polar surface area (TPSA) is 58.4 Å². The van der Waals surface area contributed by atoms with Crippen molar-refractivity contribution in [2.45, 2.75) is 19.8 Å². The molecule has 1 atom stereocenters. The highest BCUT2D eigenvalue weighted by molar-refractivity contribution is 9.11. The van der Waals surface area contributed by atoms with Gasteiger partial charge in [-0.15, -0.1) is 0 Å². The molecule has 1 aliphatic heterocycles. The Balaban J connectivity index is 2.10. The minimum absolute atomic E-state index is 0.0822. The summed E-state index contributed by atoms with van der Waals surface area (Å²) >= 11 is 6.78. The predicted octanol–water partition coefficient (Wildman–Crippen LogP) is 4.06. The van der Waals surface area contributed by atoms with E-state index in [1.165, 1.54) is 6.42 Å². The zero-order chi connectivity index (χ0) is 14.0. The van der Waals surface area contributed by atoms with Gasteiger partial charge in [-0.25, -0.2) is 4.79 Å². The molecule has 0 spiro atoms. The van der Waals surface area contributed by atoms with Gasteiger partial charge in [0.05, 0.1) is 11.4 Å². The first-order chi connectivity index (χ1) is 8.97. The molecule has 1 saturated heterocycles. The maximum Gasteiger partial charge on any atom is 0.321 e. The molecule has 1 fully saturated rings. The van der Waals surface area contributed by atoms with Crippen LogP contribution in [0.25, 0.3) is 0 Å². The van der Waals surface area contributed by atoms with Crippen LogP contribution in [0.5, 0.6) is 0 Å². The molecule has 1 heterocycles. The van der Waals surface area contributed by atoms with E-state index in [1.807, 2.05) is 11.0 Å². The quantitative estimate of drug-likeness (QED) is 0.710. The number of amides is 2. The van der Waals surface area contributed by atoms with Crippen LogP contribution < -0.4 is 11.1 Å². The lowest BCUT2D eigenvalue weighted by molar-refractivity contribution is 0.182. The SMILES string of the molecule is CC1CCCN(C(=O)Nc2c(N)cc(Br)cc2Br)C1. The Hall–Kier alpha value is -0.750. The number of nitrogens with two attached hydrogens (primary N) is 1. The molecule has 4 nitrogen and oxygen atoms in total. The molecule has 104 valence electrons. The molecular formula is C13H17Br2N3O. The van der Waals surface area contributed by atoms with Gasteiger partial charge in [0.1, 0.15) is 0 Å². The summed E-state index contributed by atoms with van der Waals surface area (Å²) in [6.45, 7) is 3.79. The van der Waals surface area contributed by atoms with Crippen molar-refractivity contribution in [3.05, 3.63) is 21.1 Å². The number of carbonyl (C=O) groups excluding carboxylic acids is 1. The molecule has 1 aromatic carbocycles. The van der Waals surface area contributed by atoms with Crippen molar-refractivity contribution < 1.29 is 4.79 Å². The number of piperidine rings is 1. The maximum atomic E-state index is 12.2. The molecule has 6 heteroatoms. The molecule has 3 N–H and O–H groups in total. The largest absolute Gasteiger partial charge is 0.397 e. The third-order valence-corrected chi connectivity index (χ3v) is 4.34. The van der Waals surface area contributed by atoms with Gasteiger partial charge in [0.25, 0.3) is 0 Å². The van der Waals surface area contributed by atoms with E-state index in [0.717, 1.165) is 28.5 Å². The van der Waals surface area contributed by atoms with Gasteiger partial charge >= 0.3 is 6.03 Å². The van der Waals surface area contributed by atoms with Crippen molar-refractivity contribution in [3.8, 4) is 0 Å². The average Bonchev–Trinajstić information content (AvgIpc) is 2.33. The van der Waals surface area contributed by atoms with E-state index < -0.39 is 0 Å². The Morgan fingerprint density at radius 2 is 2.21 bits per heavy atom. The first kappa shape index (κ1) is 14.7. The number of urea groups is 1. The third kappa shape index (κ3) is 3.63. The Bertz CT molecular complexity index is 470.